The lowest BCUT2D eigenvalue weighted by Crippen LogP contribution is -2.16. The van der Waals surface area contributed by atoms with Crippen molar-refractivity contribution in [2.24, 2.45) is 10.9 Å². The normalized spacial score (nSPS) is 11.4. The van der Waals surface area contributed by atoms with Gasteiger partial charge in [-0.2, -0.15) is 0 Å². The molecular weight excluding hydrogens is 329 g/mol. The van der Waals surface area contributed by atoms with Gasteiger partial charge < -0.3 is 15.7 Å². The molecular formula is C13H11BrFN3O2. The lowest BCUT2D eigenvalue weighted by atomic mass is 10.1. The zero-order valence-corrected chi connectivity index (χ0v) is 12.1. The highest BCUT2D eigenvalue weighted by molar-refractivity contribution is 9.10. The number of aromatic nitrogens is 1. The molecule has 0 aliphatic heterocycles. The number of hydrogen-bond donors (Lipinski definition) is 2. The van der Waals surface area contributed by atoms with E-state index in [0.29, 0.717) is 15.6 Å². The summed E-state index contributed by atoms with van der Waals surface area (Å²) in [6, 6.07) is 6.04. The van der Waals surface area contributed by atoms with Crippen LogP contribution in [0.25, 0.3) is 0 Å². The SMILES string of the molecule is Cc1ccnc(Oc2ccc(Br)cc2F)c1/C(N)=N/O. The number of nitrogens with zero attached hydrogens (tertiary/aromatic N) is 2. The summed E-state index contributed by atoms with van der Waals surface area (Å²) >= 11 is 3.16. The Morgan fingerprint density at radius 3 is 2.85 bits per heavy atom. The lowest BCUT2D eigenvalue weighted by molar-refractivity contribution is 0.318. The van der Waals surface area contributed by atoms with E-state index < -0.39 is 5.82 Å². The molecule has 0 atom stereocenters. The molecule has 0 aliphatic carbocycles. The first-order valence-electron chi connectivity index (χ1n) is 5.59. The summed E-state index contributed by atoms with van der Waals surface area (Å²) in [5.41, 5.74) is 6.60. The maximum Gasteiger partial charge on any atom is 0.230 e. The Morgan fingerprint density at radius 1 is 1.45 bits per heavy atom. The van der Waals surface area contributed by atoms with Gasteiger partial charge in [-0.3, -0.25) is 0 Å². The van der Waals surface area contributed by atoms with Crippen LogP contribution in [0.5, 0.6) is 11.6 Å². The van der Waals surface area contributed by atoms with Crippen molar-refractivity contribution in [3.8, 4) is 11.6 Å². The molecule has 1 aromatic carbocycles. The molecule has 0 aliphatic rings. The van der Waals surface area contributed by atoms with Crippen LogP contribution in [0.1, 0.15) is 11.1 Å². The molecule has 0 bridgehead atoms. The Hall–Kier alpha value is -2.15. The van der Waals surface area contributed by atoms with Crippen LogP contribution in [0, 0.1) is 12.7 Å². The first kappa shape index (κ1) is 14.3. The molecule has 104 valence electrons. The molecule has 0 saturated heterocycles. The van der Waals surface area contributed by atoms with Crippen LogP contribution in [0.3, 0.4) is 0 Å². The van der Waals surface area contributed by atoms with Crippen LogP contribution in [0.2, 0.25) is 0 Å². The minimum Gasteiger partial charge on any atom is -0.435 e. The average molecular weight is 340 g/mol. The molecule has 0 amide bonds. The molecule has 3 N–H and O–H groups in total. The zero-order chi connectivity index (χ0) is 14.7. The fourth-order valence-electron chi connectivity index (χ4n) is 1.63. The second-order valence-electron chi connectivity index (χ2n) is 3.97. The fraction of sp³-hybridized carbons (Fsp3) is 0.0769. The molecule has 1 aromatic heterocycles. The molecule has 0 unspecified atom stereocenters. The molecule has 0 spiro atoms. The molecule has 20 heavy (non-hydrogen) atoms. The Labute approximate surface area is 123 Å². The van der Waals surface area contributed by atoms with Crippen LogP contribution in [0.15, 0.2) is 40.1 Å². The van der Waals surface area contributed by atoms with E-state index in [0.717, 1.165) is 0 Å². The van der Waals surface area contributed by atoms with Gasteiger partial charge >= 0.3 is 0 Å². The second kappa shape index (κ2) is 5.87. The van der Waals surface area contributed by atoms with Crippen molar-refractivity contribution in [1.82, 2.24) is 4.98 Å². The minimum atomic E-state index is -0.548. The van der Waals surface area contributed by atoms with Gasteiger partial charge in [0.25, 0.3) is 0 Å². The summed E-state index contributed by atoms with van der Waals surface area (Å²) in [6.45, 7) is 1.75. The van der Waals surface area contributed by atoms with E-state index in [-0.39, 0.29) is 17.5 Å². The lowest BCUT2D eigenvalue weighted by Gasteiger charge is -2.11. The fourth-order valence-corrected chi connectivity index (χ4v) is 1.97. The van der Waals surface area contributed by atoms with Crippen molar-refractivity contribution < 1.29 is 14.3 Å². The number of hydrogen-bond acceptors (Lipinski definition) is 4. The van der Waals surface area contributed by atoms with Gasteiger partial charge in [-0.15, -0.1) is 0 Å². The van der Waals surface area contributed by atoms with Crippen LogP contribution < -0.4 is 10.5 Å². The van der Waals surface area contributed by atoms with Gasteiger partial charge in [0.05, 0.1) is 5.56 Å². The number of nitrogens with two attached hydrogens (primary N) is 1. The van der Waals surface area contributed by atoms with E-state index in [1.165, 1.54) is 18.3 Å². The third-order valence-electron chi connectivity index (χ3n) is 2.59. The quantitative estimate of drug-likeness (QED) is 0.389. The predicted molar refractivity (Wildman–Crippen MR) is 75.7 cm³/mol. The number of benzene rings is 1. The van der Waals surface area contributed by atoms with E-state index in [1.807, 2.05) is 0 Å². The maximum absolute atomic E-state index is 13.8. The van der Waals surface area contributed by atoms with Crippen molar-refractivity contribution in [3.05, 3.63) is 51.9 Å². The standard InChI is InChI=1S/C13H11BrFN3O2/c1-7-4-5-17-13(11(7)12(16)18-19)20-10-3-2-8(14)6-9(10)15/h2-6,19H,1H3,(H2,16,18). The Kier molecular flexibility index (Phi) is 4.19. The molecule has 0 radical (unpaired) electrons. The molecule has 2 rings (SSSR count). The van der Waals surface area contributed by atoms with Crippen molar-refractivity contribution >= 4 is 21.8 Å². The molecule has 7 heteroatoms. The Bertz CT molecular complexity index is 677. The van der Waals surface area contributed by atoms with Crippen LogP contribution in [-0.4, -0.2) is 16.0 Å². The van der Waals surface area contributed by atoms with Crippen molar-refractivity contribution in [1.29, 1.82) is 0 Å². The number of pyridine rings is 1. The summed E-state index contributed by atoms with van der Waals surface area (Å²) < 4.78 is 19.8. The van der Waals surface area contributed by atoms with Gasteiger partial charge in [0.1, 0.15) is 0 Å². The Balaban J connectivity index is 2.46. The van der Waals surface area contributed by atoms with Crippen LogP contribution in [0.4, 0.5) is 4.39 Å². The van der Waals surface area contributed by atoms with Crippen molar-refractivity contribution in [3.63, 3.8) is 0 Å². The van der Waals surface area contributed by atoms with Gasteiger partial charge in [-0.1, -0.05) is 21.1 Å². The molecule has 1 heterocycles. The number of amidine groups is 1. The van der Waals surface area contributed by atoms with Crippen molar-refractivity contribution in [2.75, 3.05) is 0 Å². The van der Waals surface area contributed by atoms with E-state index in [1.54, 1.807) is 19.1 Å². The molecule has 0 fully saturated rings. The summed E-state index contributed by atoms with van der Waals surface area (Å²) in [7, 11) is 0. The summed E-state index contributed by atoms with van der Waals surface area (Å²) in [6.07, 6.45) is 1.50. The third-order valence-corrected chi connectivity index (χ3v) is 3.08. The smallest absolute Gasteiger partial charge is 0.230 e. The summed E-state index contributed by atoms with van der Waals surface area (Å²) in [4.78, 5) is 3.99. The molecule has 2 aromatic rings. The number of halogens is 2. The topological polar surface area (TPSA) is 80.7 Å². The predicted octanol–water partition coefficient (Wildman–Crippen LogP) is 3.18. The highest BCUT2D eigenvalue weighted by Crippen LogP contribution is 2.28. The molecule has 0 saturated carbocycles. The van der Waals surface area contributed by atoms with Gasteiger partial charge in [0.2, 0.25) is 5.88 Å². The van der Waals surface area contributed by atoms with Gasteiger partial charge in [-0.05, 0) is 36.8 Å². The van der Waals surface area contributed by atoms with Crippen LogP contribution >= 0.6 is 15.9 Å². The van der Waals surface area contributed by atoms with Gasteiger partial charge in [0, 0.05) is 10.7 Å². The maximum atomic E-state index is 13.8. The van der Waals surface area contributed by atoms with E-state index >= 15 is 0 Å². The monoisotopic (exact) mass is 339 g/mol. The largest absolute Gasteiger partial charge is 0.435 e. The number of ether oxygens (including phenoxy) is 1. The summed E-state index contributed by atoms with van der Waals surface area (Å²) in [5.74, 6) is -0.629. The van der Waals surface area contributed by atoms with E-state index in [9.17, 15) is 4.39 Å². The first-order valence-corrected chi connectivity index (χ1v) is 6.38. The van der Waals surface area contributed by atoms with Gasteiger partial charge in [0.15, 0.2) is 17.4 Å². The number of aryl methyl sites for hydroxylation is 1. The second-order valence-corrected chi connectivity index (χ2v) is 4.89. The Morgan fingerprint density at radius 2 is 2.20 bits per heavy atom. The first-order chi connectivity index (χ1) is 9.52. The van der Waals surface area contributed by atoms with E-state index in [4.69, 9.17) is 15.7 Å². The highest BCUT2D eigenvalue weighted by Gasteiger charge is 2.15. The van der Waals surface area contributed by atoms with E-state index in [2.05, 4.69) is 26.1 Å². The number of oxime groups is 1. The van der Waals surface area contributed by atoms with Crippen LogP contribution in [-0.2, 0) is 0 Å². The van der Waals surface area contributed by atoms with Gasteiger partial charge in [-0.25, -0.2) is 9.37 Å². The van der Waals surface area contributed by atoms with Crippen molar-refractivity contribution in [2.45, 2.75) is 6.92 Å². The average Bonchev–Trinajstić information content (AvgIpc) is 2.41. The summed E-state index contributed by atoms with van der Waals surface area (Å²) in [5, 5.41) is 11.7. The minimum absolute atomic E-state index is 0.00158. The molecule has 5 nitrogen and oxygen atoms in total. The third kappa shape index (κ3) is 2.88. The highest BCUT2D eigenvalue weighted by atomic mass is 79.9. The number of rotatable bonds is 3. The zero-order valence-electron chi connectivity index (χ0n) is 10.5.